The molecule has 1 aliphatic carbocycles. The molecule has 2 aromatic carbocycles. The van der Waals surface area contributed by atoms with Gasteiger partial charge in [0, 0.05) is 17.5 Å². The van der Waals surface area contributed by atoms with Gasteiger partial charge in [0.15, 0.2) is 17.4 Å². The van der Waals surface area contributed by atoms with Crippen LogP contribution < -0.4 is 9.47 Å². The fourth-order valence-electron chi connectivity index (χ4n) is 3.76. The zero-order valence-electron chi connectivity index (χ0n) is 15.4. The molecule has 2 aromatic rings. The Morgan fingerprint density at radius 2 is 1.89 bits per heavy atom. The lowest BCUT2D eigenvalue weighted by Gasteiger charge is -2.16. The summed E-state index contributed by atoms with van der Waals surface area (Å²) in [6.07, 6.45) is 0.812. The fraction of sp³-hybridized carbons (Fsp3) is 0.381. The van der Waals surface area contributed by atoms with Crippen LogP contribution in [0.15, 0.2) is 24.3 Å². The van der Waals surface area contributed by atoms with Crippen molar-refractivity contribution in [1.29, 1.82) is 0 Å². The molecule has 0 amide bonds. The van der Waals surface area contributed by atoms with Crippen molar-refractivity contribution in [2.45, 2.75) is 44.8 Å². The van der Waals surface area contributed by atoms with Crippen molar-refractivity contribution >= 4 is 5.97 Å². The van der Waals surface area contributed by atoms with Crippen LogP contribution in [-0.4, -0.2) is 16.7 Å². The number of carbonyl (C=O) groups is 1. The van der Waals surface area contributed by atoms with E-state index >= 15 is 0 Å². The summed E-state index contributed by atoms with van der Waals surface area (Å²) < 4.78 is 54.2. The maximum Gasteiger partial charge on any atom is 0.307 e. The molecule has 2 atom stereocenters. The number of ether oxygens (including phenoxy) is 2. The number of hydrogen-bond acceptors (Lipinski definition) is 3. The molecule has 0 bridgehead atoms. The van der Waals surface area contributed by atoms with Gasteiger partial charge in [-0.3, -0.25) is 4.79 Å². The third kappa shape index (κ3) is 3.30. The Hall–Kier alpha value is -2.70. The second-order valence-corrected chi connectivity index (χ2v) is 7.93. The van der Waals surface area contributed by atoms with Gasteiger partial charge in [-0.15, -0.1) is 0 Å². The van der Waals surface area contributed by atoms with Crippen LogP contribution in [0.4, 0.5) is 13.2 Å². The summed E-state index contributed by atoms with van der Waals surface area (Å²) in [6.45, 7) is 3.40. The fourth-order valence-corrected chi connectivity index (χ4v) is 3.76. The van der Waals surface area contributed by atoms with Crippen molar-refractivity contribution in [3.8, 4) is 11.5 Å². The van der Waals surface area contributed by atoms with Crippen LogP contribution in [0.2, 0.25) is 0 Å². The SMILES string of the molecule is CC1(C)Cc2c(ccc(F)c2COc2c(F)cc(C3CC3C(=O)O)cc2F)O1. The van der Waals surface area contributed by atoms with E-state index in [0.717, 1.165) is 12.1 Å². The summed E-state index contributed by atoms with van der Waals surface area (Å²) in [5.41, 5.74) is 0.633. The predicted molar refractivity (Wildman–Crippen MR) is 94.0 cm³/mol. The molecule has 1 N–H and O–H groups in total. The van der Waals surface area contributed by atoms with Crippen LogP contribution in [0.1, 0.15) is 42.9 Å². The predicted octanol–water partition coefficient (Wildman–Crippen LogP) is 4.58. The van der Waals surface area contributed by atoms with Crippen molar-refractivity contribution in [1.82, 2.24) is 0 Å². The molecule has 1 heterocycles. The van der Waals surface area contributed by atoms with Gasteiger partial charge in [0.25, 0.3) is 0 Å². The Balaban J connectivity index is 1.56. The highest BCUT2D eigenvalue weighted by Gasteiger charge is 2.44. The van der Waals surface area contributed by atoms with E-state index in [4.69, 9.17) is 14.6 Å². The molecular formula is C21H19F3O4. The number of halogens is 3. The number of benzene rings is 2. The largest absolute Gasteiger partial charge is 0.487 e. The van der Waals surface area contributed by atoms with E-state index in [1.54, 1.807) is 0 Å². The summed E-state index contributed by atoms with van der Waals surface area (Å²) in [5.74, 6) is -4.46. The van der Waals surface area contributed by atoms with Crippen molar-refractivity contribution < 1.29 is 32.5 Å². The first-order valence-electron chi connectivity index (χ1n) is 9.00. The minimum absolute atomic E-state index is 0.207. The van der Waals surface area contributed by atoms with Crippen molar-refractivity contribution in [3.05, 3.63) is 58.4 Å². The van der Waals surface area contributed by atoms with E-state index in [-0.39, 0.29) is 17.7 Å². The first-order valence-corrected chi connectivity index (χ1v) is 9.00. The highest BCUT2D eigenvalue weighted by molar-refractivity contribution is 5.75. The van der Waals surface area contributed by atoms with Gasteiger partial charge in [0.1, 0.15) is 23.8 Å². The Labute approximate surface area is 159 Å². The van der Waals surface area contributed by atoms with Gasteiger partial charge in [-0.05, 0) is 56.0 Å². The summed E-state index contributed by atoms with van der Waals surface area (Å²) in [5, 5.41) is 8.97. The number of carboxylic acid groups (broad SMARTS) is 1. The van der Waals surface area contributed by atoms with E-state index in [1.165, 1.54) is 12.1 Å². The molecule has 28 heavy (non-hydrogen) atoms. The third-order valence-corrected chi connectivity index (χ3v) is 5.24. The molecule has 0 aromatic heterocycles. The second-order valence-electron chi connectivity index (χ2n) is 7.93. The summed E-state index contributed by atoms with van der Waals surface area (Å²) in [7, 11) is 0. The van der Waals surface area contributed by atoms with E-state index in [2.05, 4.69) is 0 Å². The van der Waals surface area contributed by atoms with Crippen LogP contribution >= 0.6 is 0 Å². The summed E-state index contributed by atoms with van der Waals surface area (Å²) in [4.78, 5) is 11.0. The van der Waals surface area contributed by atoms with Crippen LogP contribution in [0, 0.1) is 23.4 Å². The minimum Gasteiger partial charge on any atom is -0.487 e. The van der Waals surface area contributed by atoms with Crippen LogP contribution in [0.5, 0.6) is 11.5 Å². The van der Waals surface area contributed by atoms with Crippen molar-refractivity contribution in [2.24, 2.45) is 5.92 Å². The van der Waals surface area contributed by atoms with Gasteiger partial charge in [-0.1, -0.05) is 0 Å². The van der Waals surface area contributed by atoms with Gasteiger partial charge in [0.05, 0.1) is 5.92 Å². The van der Waals surface area contributed by atoms with Crippen molar-refractivity contribution in [3.63, 3.8) is 0 Å². The van der Waals surface area contributed by atoms with Crippen LogP contribution in [-0.2, 0) is 17.8 Å². The maximum absolute atomic E-state index is 14.4. The minimum atomic E-state index is -0.982. The molecule has 2 unspecified atom stereocenters. The molecular weight excluding hydrogens is 373 g/mol. The van der Waals surface area contributed by atoms with Crippen LogP contribution in [0.3, 0.4) is 0 Å². The molecule has 7 heteroatoms. The molecule has 148 valence electrons. The molecule has 4 rings (SSSR count). The molecule has 0 spiro atoms. The van der Waals surface area contributed by atoms with Gasteiger partial charge in [-0.2, -0.15) is 0 Å². The lowest BCUT2D eigenvalue weighted by molar-refractivity contribution is -0.138. The Bertz CT molecular complexity index is 947. The molecule has 4 nitrogen and oxygen atoms in total. The molecule has 1 saturated carbocycles. The van der Waals surface area contributed by atoms with Crippen molar-refractivity contribution in [2.75, 3.05) is 0 Å². The molecule has 0 saturated heterocycles. The summed E-state index contributed by atoms with van der Waals surface area (Å²) >= 11 is 0. The number of fused-ring (bicyclic) bond motifs is 1. The zero-order valence-corrected chi connectivity index (χ0v) is 15.4. The lowest BCUT2D eigenvalue weighted by atomic mass is 9.97. The number of hydrogen-bond donors (Lipinski definition) is 1. The van der Waals surface area contributed by atoms with Gasteiger partial charge in [0.2, 0.25) is 0 Å². The average Bonchev–Trinajstić information content (AvgIpc) is 3.33. The topological polar surface area (TPSA) is 55.8 Å². The Kier molecular flexibility index (Phi) is 4.28. The number of rotatable bonds is 5. The van der Waals surface area contributed by atoms with E-state index in [9.17, 15) is 18.0 Å². The Morgan fingerprint density at radius 3 is 2.50 bits per heavy atom. The van der Waals surface area contributed by atoms with E-state index in [0.29, 0.717) is 24.2 Å². The Morgan fingerprint density at radius 1 is 1.21 bits per heavy atom. The van der Waals surface area contributed by atoms with Gasteiger partial charge < -0.3 is 14.6 Å². The number of aliphatic carboxylic acids is 1. The van der Waals surface area contributed by atoms with E-state index in [1.807, 2.05) is 13.8 Å². The highest BCUT2D eigenvalue weighted by atomic mass is 19.1. The van der Waals surface area contributed by atoms with Gasteiger partial charge in [-0.25, -0.2) is 13.2 Å². The zero-order chi connectivity index (χ0) is 20.2. The smallest absolute Gasteiger partial charge is 0.307 e. The first-order chi connectivity index (χ1) is 13.2. The quantitative estimate of drug-likeness (QED) is 0.809. The summed E-state index contributed by atoms with van der Waals surface area (Å²) in [6, 6.07) is 4.95. The monoisotopic (exact) mass is 392 g/mol. The maximum atomic E-state index is 14.4. The molecule has 2 aliphatic rings. The van der Waals surface area contributed by atoms with E-state index < -0.39 is 46.6 Å². The van der Waals surface area contributed by atoms with Gasteiger partial charge >= 0.3 is 5.97 Å². The molecule has 1 fully saturated rings. The highest BCUT2D eigenvalue weighted by Crippen LogP contribution is 2.48. The van der Waals surface area contributed by atoms with Crippen LogP contribution in [0.25, 0.3) is 0 Å². The normalized spacial score (nSPS) is 21.8. The standard InChI is InChI=1S/C21H19F3O4/c1-21(2)8-13-14(15(22)3-4-18(13)28-21)9-27-19-16(23)5-10(6-17(19)24)11-7-12(11)20(25)26/h3-6,11-12H,7-9H2,1-2H3,(H,25,26). The molecule has 1 aliphatic heterocycles. The number of carboxylic acids is 1. The third-order valence-electron chi connectivity index (χ3n) is 5.24. The molecule has 0 radical (unpaired) electrons. The first kappa shape index (κ1) is 18.7. The average molecular weight is 392 g/mol. The lowest BCUT2D eigenvalue weighted by Crippen LogP contribution is -2.24. The second kappa shape index (κ2) is 6.43.